The van der Waals surface area contributed by atoms with Crippen molar-refractivity contribution in [2.45, 2.75) is 5.37 Å². The molecule has 2 N–H and O–H groups in total. The van der Waals surface area contributed by atoms with Crippen LogP contribution in [0, 0.1) is 0 Å². The number of ketones is 1. The highest BCUT2D eigenvalue weighted by Gasteiger charge is 2.39. The Labute approximate surface area is 144 Å². The highest BCUT2D eigenvalue weighted by molar-refractivity contribution is 7.86. The standard InChI is InChI=1S/C14H16ClN3O5S/c1-17(2)10-5-3-9(4-6-10)12(19)8-18-13(24(21,22)23)11(15)7-16-14(18)20/h3-7,13H,8H2,1-2H3,(H,16,20)(H,21,22,23). The van der Waals surface area contributed by atoms with Crippen molar-refractivity contribution in [3.05, 3.63) is 41.1 Å². The Hall–Kier alpha value is -2.10. The summed E-state index contributed by atoms with van der Waals surface area (Å²) >= 11 is 5.76. The van der Waals surface area contributed by atoms with Gasteiger partial charge < -0.3 is 10.2 Å². The summed E-state index contributed by atoms with van der Waals surface area (Å²) in [5, 5.41) is 0.104. The van der Waals surface area contributed by atoms with E-state index in [1.54, 1.807) is 24.3 Å². The van der Waals surface area contributed by atoms with Crippen molar-refractivity contribution in [1.82, 2.24) is 10.2 Å². The second-order valence-corrected chi connectivity index (χ2v) is 7.25. The number of halogens is 1. The molecule has 0 spiro atoms. The third-order valence-corrected chi connectivity index (χ3v) is 4.93. The van der Waals surface area contributed by atoms with Gasteiger partial charge in [0.15, 0.2) is 11.2 Å². The minimum atomic E-state index is -4.70. The fourth-order valence-corrected chi connectivity index (χ4v) is 3.54. The maximum atomic E-state index is 12.3. The molecule has 8 nitrogen and oxygen atoms in total. The molecule has 0 aliphatic carbocycles. The first-order valence-corrected chi connectivity index (χ1v) is 8.69. The minimum Gasteiger partial charge on any atom is -0.378 e. The van der Waals surface area contributed by atoms with Gasteiger partial charge in [0.1, 0.15) is 0 Å². The maximum Gasteiger partial charge on any atom is 0.323 e. The van der Waals surface area contributed by atoms with E-state index in [2.05, 4.69) is 5.32 Å². The summed E-state index contributed by atoms with van der Waals surface area (Å²) in [5.74, 6) is -0.490. The van der Waals surface area contributed by atoms with E-state index < -0.39 is 33.9 Å². The predicted molar refractivity (Wildman–Crippen MR) is 89.6 cm³/mol. The summed E-state index contributed by atoms with van der Waals surface area (Å²) in [6, 6.07) is 5.73. The molecule has 0 fully saturated rings. The Bertz CT molecular complexity index is 789. The van der Waals surface area contributed by atoms with E-state index in [0.29, 0.717) is 10.5 Å². The number of rotatable bonds is 5. The van der Waals surface area contributed by atoms with E-state index in [1.165, 1.54) is 0 Å². The second-order valence-electron chi connectivity index (χ2n) is 5.34. The van der Waals surface area contributed by atoms with Gasteiger partial charge in [-0.1, -0.05) is 11.6 Å². The fourth-order valence-electron chi connectivity index (χ4n) is 2.19. The average molecular weight is 374 g/mol. The second kappa shape index (κ2) is 6.80. The Morgan fingerprint density at radius 2 is 1.92 bits per heavy atom. The number of amides is 2. The van der Waals surface area contributed by atoms with Crippen LogP contribution >= 0.6 is 11.6 Å². The molecule has 0 bridgehead atoms. The van der Waals surface area contributed by atoms with Crippen molar-refractivity contribution in [3.8, 4) is 0 Å². The highest BCUT2D eigenvalue weighted by atomic mass is 35.5. The number of carbonyl (C=O) groups excluding carboxylic acids is 2. The van der Waals surface area contributed by atoms with Gasteiger partial charge in [-0.25, -0.2) is 4.79 Å². The number of nitrogens with zero attached hydrogens (tertiary/aromatic N) is 2. The topological polar surface area (TPSA) is 107 Å². The van der Waals surface area contributed by atoms with E-state index in [4.69, 9.17) is 11.6 Å². The molecule has 1 aromatic carbocycles. The number of urea groups is 1. The molecule has 10 heteroatoms. The van der Waals surface area contributed by atoms with Crippen LogP contribution in [0.15, 0.2) is 35.5 Å². The molecule has 1 atom stereocenters. The molecule has 1 aromatic rings. The van der Waals surface area contributed by atoms with Crippen LogP contribution in [0.3, 0.4) is 0 Å². The quantitative estimate of drug-likeness (QED) is 0.594. The molecule has 1 aliphatic rings. The SMILES string of the molecule is CN(C)c1ccc(C(=O)CN2C(=O)NC=C(Cl)C2S(=O)(=O)O)cc1. The predicted octanol–water partition coefficient (Wildman–Crippen LogP) is 1.25. The molecule has 0 saturated heterocycles. The lowest BCUT2D eigenvalue weighted by molar-refractivity contribution is 0.0940. The van der Waals surface area contributed by atoms with Crippen LogP contribution in [0.25, 0.3) is 0 Å². The molecule has 1 aliphatic heterocycles. The summed E-state index contributed by atoms with van der Waals surface area (Å²) in [7, 11) is -1.00. The number of benzene rings is 1. The summed E-state index contributed by atoms with van der Waals surface area (Å²) < 4.78 is 32.3. The van der Waals surface area contributed by atoms with Gasteiger partial charge in [0.25, 0.3) is 10.1 Å². The van der Waals surface area contributed by atoms with Crippen molar-refractivity contribution >= 4 is 39.2 Å². The van der Waals surface area contributed by atoms with Gasteiger partial charge >= 0.3 is 6.03 Å². The zero-order valence-corrected chi connectivity index (χ0v) is 14.5. The normalized spacial score (nSPS) is 18.0. The van der Waals surface area contributed by atoms with Crippen LogP contribution in [-0.2, 0) is 10.1 Å². The zero-order chi connectivity index (χ0) is 18.1. The molecule has 24 heavy (non-hydrogen) atoms. The van der Waals surface area contributed by atoms with E-state index in [9.17, 15) is 22.6 Å². The third-order valence-electron chi connectivity index (χ3n) is 3.42. The Kier molecular flexibility index (Phi) is 5.16. The van der Waals surface area contributed by atoms with Gasteiger partial charge in [-0.05, 0) is 24.3 Å². The van der Waals surface area contributed by atoms with Crippen LogP contribution in [0.5, 0.6) is 0 Å². The first-order chi connectivity index (χ1) is 11.1. The van der Waals surface area contributed by atoms with Crippen LogP contribution in [0.4, 0.5) is 10.5 Å². The Balaban J connectivity index is 2.25. The summed E-state index contributed by atoms with van der Waals surface area (Å²) in [6.07, 6.45) is 0.967. The summed E-state index contributed by atoms with van der Waals surface area (Å²) in [5.41, 5.74) is 1.18. The molecule has 0 radical (unpaired) electrons. The summed E-state index contributed by atoms with van der Waals surface area (Å²) in [4.78, 5) is 26.7. The lowest BCUT2D eigenvalue weighted by Gasteiger charge is -2.31. The van der Waals surface area contributed by atoms with Crippen molar-refractivity contribution < 1.29 is 22.6 Å². The van der Waals surface area contributed by atoms with Crippen molar-refractivity contribution in [1.29, 1.82) is 0 Å². The third kappa shape index (κ3) is 3.86. The van der Waals surface area contributed by atoms with E-state index in [1.807, 2.05) is 19.0 Å². The number of Topliss-reactive ketones (excluding diaryl/α,β-unsaturated/α-hetero) is 1. The first kappa shape index (κ1) is 18.2. The average Bonchev–Trinajstić information content (AvgIpc) is 2.49. The van der Waals surface area contributed by atoms with Gasteiger partial charge in [-0.2, -0.15) is 8.42 Å². The number of hydrogen-bond donors (Lipinski definition) is 2. The van der Waals surface area contributed by atoms with Gasteiger partial charge in [-0.3, -0.25) is 14.2 Å². The molecule has 2 amide bonds. The van der Waals surface area contributed by atoms with Crippen LogP contribution in [-0.4, -0.2) is 55.7 Å². The van der Waals surface area contributed by atoms with Crippen LogP contribution < -0.4 is 10.2 Å². The molecular formula is C14H16ClN3O5S. The Morgan fingerprint density at radius 3 is 2.42 bits per heavy atom. The minimum absolute atomic E-state index is 0.299. The molecule has 1 unspecified atom stereocenters. The highest BCUT2D eigenvalue weighted by Crippen LogP contribution is 2.23. The molecular weight excluding hydrogens is 358 g/mol. The van der Waals surface area contributed by atoms with Gasteiger partial charge in [0, 0.05) is 31.5 Å². The van der Waals surface area contributed by atoms with Crippen molar-refractivity contribution in [2.75, 3.05) is 25.5 Å². The first-order valence-electron chi connectivity index (χ1n) is 6.81. The van der Waals surface area contributed by atoms with E-state index >= 15 is 0 Å². The van der Waals surface area contributed by atoms with E-state index in [-0.39, 0.29) is 5.03 Å². The maximum absolute atomic E-state index is 12.3. The van der Waals surface area contributed by atoms with Gasteiger partial charge in [0.2, 0.25) is 0 Å². The largest absolute Gasteiger partial charge is 0.378 e. The molecule has 1 heterocycles. The number of anilines is 1. The molecule has 130 valence electrons. The Morgan fingerprint density at radius 1 is 1.33 bits per heavy atom. The molecule has 0 aromatic heterocycles. The van der Waals surface area contributed by atoms with Crippen LogP contribution in [0.2, 0.25) is 0 Å². The molecule has 0 saturated carbocycles. The van der Waals surface area contributed by atoms with E-state index in [0.717, 1.165) is 11.9 Å². The number of hydrogen-bond acceptors (Lipinski definition) is 5. The van der Waals surface area contributed by atoms with Crippen molar-refractivity contribution in [2.24, 2.45) is 0 Å². The van der Waals surface area contributed by atoms with Crippen LogP contribution in [0.1, 0.15) is 10.4 Å². The zero-order valence-electron chi connectivity index (χ0n) is 12.9. The van der Waals surface area contributed by atoms with Crippen molar-refractivity contribution in [3.63, 3.8) is 0 Å². The lowest BCUT2D eigenvalue weighted by atomic mass is 10.1. The smallest absolute Gasteiger partial charge is 0.323 e. The van der Waals surface area contributed by atoms with Gasteiger partial charge in [-0.15, -0.1) is 0 Å². The number of carbonyl (C=O) groups is 2. The lowest BCUT2D eigenvalue weighted by Crippen LogP contribution is -2.53. The monoisotopic (exact) mass is 373 g/mol. The molecule has 2 rings (SSSR count). The van der Waals surface area contributed by atoms with Gasteiger partial charge in [0.05, 0.1) is 11.6 Å². The summed E-state index contributed by atoms with van der Waals surface area (Å²) in [6.45, 7) is -0.554. The fraction of sp³-hybridized carbons (Fsp3) is 0.286. The number of nitrogens with one attached hydrogen (secondary N) is 1.